The summed E-state index contributed by atoms with van der Waals surface area (Å²) in [6.45, 7) is 3.62. The van der Waals surface area contributed by atoms with E-state index in [-0.39, 0.29) is 17.9 Å². The topological polar surface area (TPSA) is 56.8 Å². The van der Waals surface area contributed by atoms with Gasteiger partial charge in [0.15, 0.2) is 5.01 Å². The third kappa shape index (κ3) is 5.12. The van der Waals surface area contributed by atoms with Gasteiger partial charge in [-0.1, -0.05) is 72.8 Å². The Bertz CT molecular complexity index is 1370. The van der Waals surface area contributed by atoms with E-state index in [0.29, 0.717) is 30.7 Å². The van der Waals surface area contributed by atoms with Gasteiger partial charge in [-0.25, -0.2) is 4.98 Å². The third-order valence-corrected chi connectivity index (χ3v) is 8.35. The molecule has 2 saturated heterocycles. The average molecular weight is 523 g/mol. The zero-order chi connectivity index (χ0) is 25.9. The Morgan fingerprint density at radius 2 is 1.47 bits per heavy atom. The highest BCUT2D eigenvalue weighted by Crippen LogP contribution is 2.30. The standard InChI is InChI=1S/C31H30N4O2S/c36-30(26-13-11-24(12-14-26)19-23-7-3-1-4-8-23)34-20-27(21-34)33-16-17-35(31(37)29-32-15-18-38-29)28(22-33)25-9-5-2-6-10-25/h1-15,18,27-28H,16-17,19-22H2. The predicted octanol–water partition coefficient (Wildman–Crippen LogP) is 4.76. The molecule has 4 aromatic rings. The molecule has 1 unspecified atom stereocenters. The van der Waals surface area contributed by atoms with Crippen LogP contribution < -0.4 is 0 Å². The van der Waals surface area contributed by atoms with Gasteiger partial charge < -0.3 is 9.80 Å². The summed E-state index contributed by atoms with van der Waals surface area (Å²) >= 11 is 1.39. The van der Waals surface area contributed by atoms with E-state index in [4.69, 9.17) is 0 Å². The summed E-state index contributed by atoms with van der Waals surface area (Å²) in [4.78, 5) is 37.0. The first-order chi connectivity index (χ1) is 18.7. The fourth-order valence-electron chi connectivity index (χ4n) is 5.42. The zero-order valence-corrected chi connectivity index (χ0v) is 22.0. The van der Waals surface area contributed by atoms with E-state index in [0.717, 1.165) is 30.6 Å². The van der Waals surface area contributed by atoms with Gasteiger partial charge in [0.05, 0.1) is 6.04 Å². The fraction of sp³-hybridized carbons (Fsp3) is 0.258. The van der Waals surface area contributed by atoms with Crippen molar-refractivity contribution >= 4 is 23.2 Å². The van der Waals surface area contributed by atoms with Crippen LogP contribution in [-0.2, 0) is 6.42 Å². The number of benzene rings is 3. The van der Waals surface area contributed by atoms with Crippen LogP contribution in [0.25, 0.3) is 0 Å². The van der Waals surface area contributed by atoms with E-state index in [1.54, 1.807) is 6.20 Å². The minimum Gasteiger partial charge on any atom is -0.335 e. The van der Waals surface area contributed by atoms with Gasteiger partial charge in [0.1, 0.15) is 0 Å². The number of amides is 2. The van der Waals surface area contributed by atoms with Crippen molar-refractivity contribution in [2.45, 2.75) is 18.5 Å². The Kier molecular flexibility index (Phi) is 7.03. The van der Waals surface area contributed by atoms with Crippen LogP contribution in [0.15, 0.2) is 96.5 Å². The molecular weight excluding hydrogens is 492 g/mol. The Balaban J connectivity index is 1.08. The highest BCUT2D eigenvalue weighted by atomic mass is 32.1. The molecule has 2 amide bonds. The van der Waals surface area contributed by atoms with E-state index < -0.39 is 0 Å². The molecule has 192 valence electrons. The molecule has 0 bridgehead atoms. The van der Waals surface area contributed by atoms with Gasteiger partial charge in [0.2, 0.25) is 0 Å². The molecule has 0 saturated carbocycles. The minimum absolute atomic E-state index is 0.00497. The van der Waals surface area contributed by atoms with Crippen molar-refractivity contribution in [2.24, 2.45) is 0 Å². The fourth-order valence-corrected chi connectivity index (χ4v) is 6.01. The summed E-state index contributed by atoms with van der Waals surface area (Å²) in [5.41, 5.74) is 4.33. The lowest BCUT2D eigenvalue weighted by molar-refractivity contribution is -0.00755. The molecule has 0 spiro atoms. The second-order valence-electron chi connectivity index (χ2n) is 9.98. The smallest absolute Gasteiger partial charge is 0.283 e. The van der Waals surface area contributed by atoms with Gasteiger partial charge in [-0.15, -0.1) is 11.3 Å². The van der Waals surface area contributed by atoms with Gasteiger partial charge in [-0.2, -0.15) is 0 Å². The molecule has 0 aliphatic carbocycles. The summed E-state index contributed by atoms with van der Waals surface area (Å²) in [6.07, 6.45) is 2.54. The van der Waals surface area contributed by atoms with Crippen molar-refractivity contribution in [3.05, 3.63) is 124 Å². The number of carbonyl (C=O) groups is 2. The number of carbonyl (C=O) groups excluding carboxylic acids is 2. The normalized spacial score (nSPS) is 18.3. The van der Waals surface area contributed by atoms with Crippen LogP contribution in [0.4, 0.5) is 0 Å². The number of nitrogens with zero attached hydrogens (tertiary/aromatic N) is 4. The van der Waals surface area contributed by atoms with Crippen LogP contribution >= 0.6 is 11.3 Å². The Labute approximate surface area is 227 Å². The maximum Gasteiger partial charge on any atom is 0.283 e. The first-order valence-electron chi connectivity index (χ1n) is 13.1. The van der Waals surface area contributed by atoms with Crippen molar-refractivity contribution in [2.75, 3.05) is 32.7 Å². The van der Waals surface area contributed by atoms with Crippen LogP contribution in [-0.4, -0.2) is 70.3 Å². The number of hydrogen-bond donors (Lipinski definition) is 0. The van der Waals surface area contributed by atoms with E-state index in [2.05, 4.69) is 46.3 Å². The van der Waals surface area contributed by atoms with Crippen molar-refractivity contribution in [1.29, 1.82) is 0 Å². The Morgan fingerprint density at radius 3 is 2.16 bits per heavy atom. The number of hydrogen-bond acceptors (Lipinski definition) is 5. The summed E-state index contributed by atoms with van der Waals surface area (Å²) in [7, 11) is 0. The molecule has 6 rings (SSSR count). The SMILES string of the molecule is O=C(c1ccc(Cc2ccccc2)cc1)N1CC(N2CCN(C(=O)c3nccs3)C(c3ccccc3)C2)C1. The van der Waals surface area contributed by atoms with Crippen LogP contribution in [0.1, 0.15) is 42.9 Å². The van der Waals surface area contributed by atoms with Gasteiger partial charge in [0.25, 0.3) is 11.8 Å². The van der Waals surface area contributed by atoms with Gasteiger partial charge >= 0.3 is 0 Å². The zero-order valence-electron chi connectivity index (χ0n) is 21.1. The molecule has 2 aliphatic heterocycles. The number of likely N-dealkylation sites (tertiary alicyclic amines) is 1. The first kappa shape index (κ1) is 24.5. The molecule has 0 radical (unpaired) electrons. The molecule has 0 N–H and O–H groups in total. The summed E-state index contributed by atoms with van der Waals surface area (Å²) in [6, 6.07) is 28.9. The predicted molar refractivity (Wildman–Crippen MR) is 149 cm³/mol. The maximum absolute atomic E-state index is 13.2. The second-order valence-corrected chi connectivity index (χ2v) is 10.9. The minimum atomic E-state index is -0.0386. The van der Waals surface area contributed by atoms with Crippen LogP contribution in [0.2, 0.25) is 0 Å². The van der Waals surface area contributed by atoms with E-state index >= 15 is 0 Å². The molecule has 2 aliphatic rings. The van der Waals surface area contributed by atoms with Crippen LogP contribution in [0, 0.1) is 0 Å². The van der Waals surface area contributed by atoms with E-state index in [1.165, 1.54) is 22.5 Å². The lowest BCUT2D eigenvalue weighted by atomic mass is 9.97. The summed E-state index contributed by atoms with van der Waals surface area (Å²) in [5.74, 6) is 0.0827. The Morgan fingerprint density at radius 1 is 0.789 bits per heavy atom. The maximum atomic E-state index is 13.2. The molecule has 3 heterocycles. The quantitative estimate of drug-likeness (QED) is 0.367. The average Bonchev–Trinajstić information content (AvgIpc) is 3.48. The van der Waals surface area contributed by atoms with Crippen molar-refractivity contribution in [3.63, 3.8) is 0 Å². The molecule has 6 nitrogen and oxygen atoms in total. The first-order valence-corrected chi connectivity index (χ1v) is 14.0. The summed E-state index contributed by atoms with van der Waals surface area (Å²) < 4.78 is 0. The summed E-state index contributed by atoms with van der Waals surface area (Å²) in [5, 5.41) is 2.38. The number of thiazole rings is 1. The lowest BCUT2D eigenvalue weighted by Gasteiger charge is -2.50. The lowest BCUT2D eigenvalue weighted by Crippen LogP contribution is -2.64. The van der Waals surface area contributed by atoms with Crippen molar-refractivity contribution in [1.82, 2.24) is 19.7 Å². The number of rotatable bonds is 6. The van der Waals surface area contributed by atoms with Gasteiger partial charge in [-0.3, -0.25) is 14.5 Å². The number of aromatic nitrogens is 1. The third-order valence-electron chi connectivity index (χ3n) is 7.59. The molecule has 7 heteroatoms. The molecule has 1 aromatic heterocycles. The Hall–Kier alpha value is -3.81. The van der Waals surface area contributed by atoms with E-state index in [9.17, 15) is 9.59 Å². The van der Waals surface area contributed by atoms with Crippen molar-refractivity contribution in [3.8, 4) is 0 Å². The molecule has 3 aromatic carbocycles. The molecule has 2 fully saturated rings. The monoisotopic (exact) mass is 522 g/mol. The molecular formula is C31H30N4O2S. The highest BCUT2D eigenvalue weighted by Gasteiger charge is 2.40. The van der Waals surface area contributed by atoms with Crippen LogP contribution in [0.5, 0.6) is 0 Å². The number of piperazine rings is 1. The van der Waals surface area contributed by atoms with Crippen LogP contribution in [0.3, 0.4) is 0 Å². The van der Waals surface area contributed by atoms with Gasteiger partial charge in [-0.05, 0) is 35.2 Å². The molecule has 1 atom stereocenters. The second kappa shape index (κ2) is 10.9. The highest BCUT2D eigenvalue weighted by molar-refractivity contribution is 7.11. The molecule has 38 heavy (non-hydrogen) atoms. The van der Waals surface area contributed by atoms with E-state index in [1.807, 2.05) is 63.7 Å². The van der Waals surface area contributed by atoms with Gasteiger partial charge in [0, 0.05) is 55.9 Å². The largest absolute Gasteiger partial charge is 0.335 e. The van der Waals surface area contributed by atoms with Crippen molar-refractivity contribution < 1.29 is 9.59 Å².